The summed E-state index contributed by atoms with van der Waals surface area (Å²) < 4.78 is 0. The molecule has 5 nitrogen and oxygen atoms in total. The molecule has 0 unspecified atom stereocenters. The average molecular weight is 273 g/mol. The first kappa shape index (κ1) is 15.3. The molecule has 18 heavy (non-hydrogen) atoms. The molecule has 0 aromatic carbocycles. The van der Waals surface area contributed by atoms with Crippen LogP contribution in [0.25, 0.3) is 0 Å². The van der Waals surface area contributed by atoms with E-state index < -0.39 is 6.04 Å². The molecule has 2 N–H and O–H groups in total. The van der Waals surface area contributed by atoms with Crippen molar-refractivity contribution in [3.05, 3.63) is 0 Å². The van der Waals surface area contributed by atoms with Crippen LogP contribution in [0.15, 0.2) is 0 Å². The molecule has 0 aromatic heterocycles. The van der Waals surface area contributed by atoms with Gasteiger partial charge >= 0.3 is 0 Å². The summed E-state index contributed by atoms with van der Waals surface area (Å²) in [5.74, 6) is 0.748. The third-order valence-electron chi connectivity index (χ3n) is 3.16. The lowest BCUT2D eigenvalue weighted by molar-refractivity contribution is -0.139. The standard InChI is InChI=1S/C12H23N3O2S/c1-14(12(17)10(13)5-8-18-2)9-11(16)15-6-3-4-7-15/h10H,3-9,13H2,1-2H3/t10-/m0/s1. The Morgan fingerprint density at radius 2 is 2.00 bits per heavy atom. The van der Waals surface area contributed by atoms with E-state index in [9.17, 15) is 9.59 Å². The number of nitrogens with two attached hydrogens (primary N) is 1. The lowest BCUT2D eigenvalue weighted by atomic mass is 10.2. The highest BCUT2D eigenvalue weighted by molar-refractivity contribution is 7.98. The molecular formula is C12H23N3O2S. The van der Waals surface area contributed by atoms with Crippen LogP contribution in [0, 0.1) is 0 Å². The maximum absolute atomic E-state index is 11.9. The lowest BCUT2D eigenvalue weighted by Crippen LogP contribution is -2.46. The molecule has 0 aromatic rings. The fraction of sp³-hybridized carbons (Fsp3) is 0.833. The minimum absolute atomic E-state index is 0.0282. The monoisotopic (exact) mass is 273 g/mol. The maximum Gasteiger partial charge on any atom is 0.242 e. The number of likely N-dealkylation sites (N-methyl/N-ethyl adjacent to an activating group) is 1. The van der Waals surface area contributed by atoms with Crippen LogP contribution in [0.4, 0.5) is 0 Å². The summed E-state index contributed by atoms with van der Waals surface area (Å²) in [6, 6.07) is -0.492. The topological polar surface area (TPSA) is 66.6 Å². The van der Waals surface area contributed by atoms with Crippen molar-refractivity contribution >= 4 is 23.6 Å². The van der Waals surface area contributed by atoms with Gasteiger partial charge in [-0.2, -0.15) is 11.8 Å². The number of nitrogens with zero attached hydrogens (tertiary/aromatic N) is 2. The van der Waals surface area contributed by atoms with E-state index >= 15 is 0 Å². The predicted molar refractivity (Wildman–Crippen MR) is 74.4 cm³/mol. The first-order chi connectivity index (χ1) is 8.56. The molecule has 1 atom stereocenters. The molecule has 6 heteroatoms. The van der Waals surface area contributed by atoms with Gasteiger partial charge in [0.2, 0.25) is 11.8 Å². The molecular weight excluding hydrogens is 250 g/mol. The molecule has 1 saturated heterocycles. The molecule has 1 fully saturated rings. The van der Waals surface area contributed by atoms with E-state index in [4.69, 9.17) is 5.73 Å². The van der Waals surface area contributed by atoms with E-state index in [1.807, 2.05) is 11.2 Å². The SMILES string of the molecule is CSCC[C@H](N)C(=O)N(C)CC(=O)N1CCCC1. The van der Waals surface area contributed by atoms with Crippen molar-refractivity contribution in [1.82, 2.24) is 9.80 Å². The molecule has 0 spiro atoms. The molecule has 0 saturated carbocycles. The highest BCUT2D eigenvalue weighted by Gasteiger charge is 2.23. The fourth-order valence-corrected chi connectivity index (χ4v) is 2.49. The molecule has 104 valence electrons. The second kappa shape index (κ2) is 7.63. The summed E-state index contributed by atoms with van der Waals surface area (Å²) in [4.78, 5) is 27.1. The molecule has 0 aliphatic carbocycles. The number of likely N-dealkylation sites (tertiary alicyclic amines) is 1. The van der Waals surface area contributed by atoms with Crippen molar-refractivity contribution in [1.29, 1.82) is 0 Å². The zero-order valence-corrected chi connectivity index (χ0v) is 12.0. The number of hydrogen-bond acceptors (Lipinski definition) is 4. The van der Waals surface area contributed by atoms with E-state index in [1.54, 1.807) is 18.8 Å². The number of carbonyl (C=O) groups is 2. The number of hydrogen-bond donors (Lipinski definition) is 1. The van der Waals surface area contributed by atoms with Crippen LogP contribution in [-0.2, 0) is 9.59 Å². The largest absolute Gasteiger partial charge is 0.341 e. The number of carbonyl (C=O) groups excluding carboxylic acids is 2. The fourth-order valence-electron chi connectivity index (χ4n) is 2.00. The van der Waals surface area contributed by atoms with Gasteiger partial charge in [0, 0.05) is 20.1 Å². The minimum Gasteiger partial charge on any atom is -0.341 e. The van der Waals surface area contributed by atoms with Crippen molar-refractivity contribution in [2.45, 2.75) is 25.3 Å². The summed E-state index contributed by atoms with van der Waals surface area (Å²) in [6.07, 6.45) is 4.77. The number of thioether (sulfide) groups is 1. The first-order valence-corrected chi connectivity index (χ1v) is 7.73. The number of amides is 2. The van der Waals surface area contributed by atoms with Crippen molar-refractivity contribution in [3.63, 3.8) is 0 Å². The van der Waals surface area contributed by atoms with E-state index in [0.717, 1.165) is 31.7 Å². The molecule has 0 radical (unpaired) electrons. The van der Waals surface area contributed by atoms with Crippen molar-refractivity contribution < 1.29 is 9.59 Å². The van der Waals surface area contributed by atoms with Gasteiger partial charge in [-0.15, -0.1) is 0 Å². The van der Waals surface area contributed by atoms with E-state index in [-0.39, 0.29) is 18.4 Å². The van der Waals surface area contributed by atoms with Gasteiger partial charge in [0.15, 0.2) is 0 Å². The summed E-state index contributed by atoms with van der Waals surface area (Å²) in [6.45, 7) is 1.78. The Kier molecular flexibility index (Phi) is 6.49. The second-order valence-electron chi connectivity index (χ2n) is 4.67. The third kappa shape index (κ3) is 4.49. The highest BCUT2D eigenvalue weighted by Crippen LogP contribution is 2.08. The summed E-state index contributed by atoms with van der Waals surface area (Å²) in [5, 5.41) is 0. The highest BCUT2D eigenvalue weighted by atomic mass is 32.2. The minimum atomic E-state index is -0.492. The zero-order valence-electron chi connectivity index (χ0n) is 11.2. The average Bonchev–Trinajstić information content (AvgIpc) is 2.88. The van der Waals surface area contributed by atoms with Crippen LogP contribution >= 0.6 is 11.8 Å². The van der Waals surface area contributed by atoms with Crippen LogP contribution in [0.1, 0.15) is 19.3 Å². The van der Waals surface area contributed by atoms with Gasteiger partial charge in [-0.25, -0.2) is 0 Å². The van der Waals surface area contributed by atoms with E-state index in [1.165, 1.54) is 4.90 Å². The molecule has 0 bridgehead atoms. The van der Waals surface area contributed by atoms with Gasteiger partial charge in [0.25, 0.3) is 0 Å². The Balaban J connectivity index is 2.36. The van der Waals surface area contributed by atoms with Crippen molar-refractivity contribution in [3.8, 4) is 0 Å². The molecule has 1 aliphatic heterocycles. The van der Waals surface area contributed by atoms with Gasteiger partial charge in [-0.1, -0.05) is 0 Å². The van der Waals surface area contributed by atoms with Gasteiger partial charge in [-0.05, 0) is 31.3 Å². The Morgan fingerprint density at radius 3 is 2.56 bits per heavy atom. The van der Waals surface area contributed by atoms with Crippen LogP contribution in [0.2, 0.25) is 0 Å². The summed E-state index contributed by atoms with van der Waals surface area (Å²) in [7, 11) is 1.65. The van der Waals surface area contributed by atoms with Crippen molar-refractivity contribution in [2.24, 2.45) is 5.73 Å². The number of rotatable bonds is 6. The van der Waals surface area contributed by atoms with Gasteiger partial charge in [-0.3, -0.25) is 9.59 Å². The molecule has 1 heterocycles. The van der Waals surface area contributed by atoms with Crippen LogP contribution < -0.4 is 5.73 Å². The van der Waals surface area contributed by atoms with Crippen molar-refractivity contribution in [2.75, 3.05) is 38.7 Å². The normalized spacial score (nSPS) is 16.7. The lowest BCUT2D eigenvalue weighted by Gasteiger charge is -2.23. The van der Waals surface area contributed by atoms with Gasteiger partial charge in [0.1, 0.15) is 0 Å². The van der Waals surface area contributed by atoms with Crippen LogP contribution in [0.3, 0.4) is 0 Å². The second-order valence-corrected chi connectivity index (χ2v) is 5.66. The van der Waals surface area contributed by atoms with Gasteiger partial charge in [0.05, 0.1) is 12.6 Å². The van der Waals surface area contributed by atoms with E-state index in [0.29, 0.717) is 6.42 Å². The smallest absolute Gasteiger partial charge is 0.242 e. The Hall–Kier alpha value is -0.750. The summed E-state index contributed by atoms with van der Waals surface area (Å²) >= 11 is 1.67. The molecule has 2 amide bonds. The maximum atomic E-state index is 11.9. The zero-order chi connectivity index (χ0) is 13.5. The predicted octanol–water partition coefficient (Wildman–Crippen LogP) is 0.148. The quantitative estimate of drug-likeness (QED) is 0.748. The Labute approximate surface area is 113 Å². The van der Waals surface area contributed by atoms with E-state index in [2.05, 4.69) is 0 Å². The third-order valence-corrected chi connectivity index (χ3v) is 3.80. The summed E-state index contributed by atoms with van der Waals surface area (Å²) in [5.41, 5.74) is 5.80. The first-order valence-electron chi connectivity index (χ1n) is 6.33. The molecule has 1 aliphatic rings. The van der Waals surface area contributed by atoms with Gasteiger partial charge < -0.3 is 15.5 Å². The molecule has 1 rings (SSSR count). The van der Waals surface area contributed by atoms with Crippen LogP contribution in [0.5, 0.6) is 0 Å². The Morgan fingerprint density at radius 1 is 1.39 bits per heavy atom. The van der Waals surface area contributed by atoms with Crippen LogP contribution in [-0.4, -0.2) is 66.3 Å². The Bertz CT molecular complexity index is 293.